The van der Waals surface area contributed by atoms with Crippen molar-refractivity contribution in [3.05, 3.63) is 29.6 Å². The molecule has 28 heavy (non-hydrogen) atoms. The van der Waals surface area contributed by atoms with Crippen LogP contribution in [0.2, 0.25) is 0 Å². The van der Waals surface area contributed by atoms with Crippen LogP contribution < -0.4 is 0 Å². The molecule has 0 spiro atoms. The van der Waals surface area contributed by atoms with Crippen LogP contribution in [0.15, 0.2) is 18.3 Å². The first-order valence-electron chi connectivity index (χ1n) is 11.2. The summed E-state index contributed by atoms with van der Waals surface area (Å²) in [5.74, 6) is 1.28. The number of carbonyl (C=O) groups excluding carboxylic acids is 1. The van der Waals surface area contributed by atoms with Crippen LogP contribution in [0.5, 0.6) is 0 Å². The van der Waals surface area contributed by atoms with Gasteiger partial charge in [0.1, 0.15) is 0 Å². The Balaban J connectivity index is 1.54. The Morgan fingerprint density at radius 3 is 2.68 bits per heavy atom. The molecule has 2 fully saturated rings. The molecule has 1 aromatic rings. The van der Waals surface area contributed by atoms with E-state index in [0.717, 1.165) is 45.4 Å². The van der Waals surface area contributed by atoms with Crippen LogP contribution in [0.4, 0.5) is 4.79 Å². The van der Waals surface area contributed by atoms with Crippen molar-refractivity contribution in [2.45, 2.75) is 71.3 Å². The Labute approximate surface area is 170 Å². The molecule has 0 radical (unpaired) electrons. The fraction of sp³-hybridized carbons (Fsp3) is 0.739. The molecule has 3 rings (SSSR count). The van der Waals surface area contributed by atoms with Gasteiger partial charge in [-0.1, -0.05) is 19.9 Å². The van der Waals surface area contributed by atoms with E-state index in [9.17, 15) is 4.79 Å². The van der Waals surface area contributed by atoms with Gasteiger partial charge in [-0.25, -0.2) is 4.79 Å². The highest BCUT2D eigenvalue weighted by atomic mass is 16.6. The van der Waals surface area contributed by atoms with Crippen molar-refractivity contribution in [1.82, 2.24) is 14.8 Å². The summed E-state index contributed by atoms with van der Waals surface area (Å²) >= 11 is 0. The molecule has 5 nitrogen and oxygen atoms in total. The van der Waals surface area contributed by atoms with Crippen molar-refractivity contribution in [2.24, 2.45) is 5.92 Å². The van der Waals surface area contributed by atoms with E-state index in [4.69, 9.17) is 9.72 Å². The SMILES string of the molecule is CCOC(=O)N1CCCC(N2CCC(c3cccnc3CC(C)C)CC2)CC1. The fourth-order valence-electron chi connectivity index (χ4n) is 4.80. The van der Waals surface area contributed by atoms with Crippen LogP contribution in [-0.2, 0) is 11.2 Å². The molecule has 5 heteroatoms. The zero-order valence-electron chi connectivity index (χ0n) is 17.9. The molecule has 0 bridgehead atoms. The number of nitrogens with zero attached hydrogens (tertiary/aromatic N) is 3. The first-order valence-corrected chi connectivity index (χ1v) is 11.2. The molecule has 1 atom stereocenters. The van der Waals surface area contributed by atoms with Crippen LogP contribution in [0, 0.1) is 5.92 Å². The van der Waals surface area contributed by atoms with E-state index >= 15 is 0 Å². The maximum atomic E-state index is 12.0. The topological polar surface area (TPSA) is 45.7 Å². The highest BCUT2D eigenvalue weighted by Crippen LogP contribution is 2.32. The zero-order valence-corrected chi connectivity index (χ0v) is 17.9. The molecule has 1 aromatic heterocycles. The lowest BCUT2D eigenvalue weighted by Gasteiger charge is -2.38. The standard InChI is InChI=1S/C23H37N3O2/c1-4-28-23(27)26-13-6-7-20(11-16-26)25-14-9-19(10-15-25)21-8-5-12-24-22(21)17-18(2)3/h5,8,12,18-20H,4,6-7,9-11,13-17H2,1-3H3. The van der Waals surface area contributed by atoms with Crippen molar-refractivity contribution in [2.75, 3.05) is 32.8 Å². The summed E-state index contributed by atoms with van der Waals surface area (Å²) in [5, 5.41) is 0. The maximum absolute atomic E-state index is 12.0. The van der Waals surface area contributed by atoms with Crippen LogP contribution in [0.1, 0.15) is 70.1 Å². The molecular weight excluding hydrogens is 350 g/mol. The molecule has 2 saturated heterocycles. The van der Waals surface area contributed by atoms with Gasteiger partial charge < -0.3 is 14.5 Å². The van der Waals surface area contributed by atoms with Gasteiger partial charge in [0.05, 0.1) is 6.61 Å². The first kappa shape index (κ1) is 21.1. The van der Waals surface area contributed by atoms with Crippen molar-refractivity contribution in [3.8, 4) is 0 Å². The Morgan fingerprint density at radius 2 is 1.96 bits per heavy atom. The van der Waals surface area contributed by atoms with E-state index in [2.05, 4.69) is 30.9 Å². The third-order valence-corrected chi connectivity index (χ3v) is 6.24. The number of aromatic nitrogens is 1. The van der Waals surface area contributed by atoms with Gasteiger partial charge in [-0.3, -0.25) is 4.98 Å². The smallest absolute Gasteiger partial charge is 0.409 e. The number of hydrogen-bond acceptors (Lipinski definition) is 4. The van der Waals surface area contributed by atoms with Gasteiger partial charge in [0.2, 0.25) is 0 Å². The Morgan fingerprint density at radius 1 is 1.18 bits per heavy atom. The number of hydrogen-bond donors (Lipinski definition) is 0. The molecule has 0 aliphatic carbocycles. The molecule has 2 aliphatic heterocycles. The quantitative estimate of drug-likeness (QED) is 0.748. The van der Waals surface area contributed by atoms with Crippen LogP contribution in [-0.4, -0.2) is 59.7 Å². The molecule has 156 valence electrons. The minimum Gasteiger partial charge on any atom is -0.450 e. The van der Waals surface area contributed by atoms with Crippen LogP contribution in [0.3, 0.4) is 0 Å². The van der Waals surface area contributed by atoms with Gasteiger partial charge in [-0.15, -0.1) is 0 Å². The number of amides is 1. The average molecular weight is 388 g/mol. The van der Waals surface area contributed by atoms with Gasteiger partial charge in [-0.2, -0.15) is 0 Å². The number of pyridine rings is 1. The monoisotopic (exact) mass is 387 g/mol. The predicted octanol–water partition coefficient (Wildman–Crippen LogP) is 4.47. The second-order valence-corrected chi connectivity index (χ2v) is 8.72. The van der Waals surface area contributed by atoms with E-state index in [0.29, 0.717) is 24.5 Å². The summed E-state index contributed by atoms with van der Waals surface area (Å²) in [7, 11) is 0. The molecule has 1 amide bonds. The van der Waals surface area contributed by atoms with Gasteiger partial charge in [0.15, 0.2) is 0 Å². The first-order chi connectivity index (χ1) is 13.6. The normalized spacial score (nSPS) is 22.3. The molecular formula is C23H37N3O2. The summed E-state index contributed by atoms with van der Waals surface area (Å²) in [6.45, 7) is 10.8. The third-order valence-electron chi connectivity index (χ3n) is 6.24. The number of piperidine rings is 1. The summed E-state index contributed by atoms with van der Waals surface area (Å²) in [4.78, 5) is 21.3. The lowest BCUT2D eigenvalue weighted by Crippen LogP contribution is -2.42. The second kappa shape index (κ2) is 10.2. The minimum absolute atomic E-state index is 0.142. The predicted molar refractivity (Wildman–Crippen MR) is 113 cm³/mol. The molecule has 2 aliphatic rings. The van der Waals surface area contributed by atoms with E-state index in [1.807, 2.05) is 18.0 Å². The molecule has 3 heterocycles. The minimum atomic E-state index is -0.142. The van der Waals surface area contributed by atoms with Crippen LogP contribution >= 0.6 is 0 Å². The number of ether oxygens (including phenoxy) is 1. The van der Waals surface area contributed by atoms with Crippen LogP contribution in [0.25, 0.3) is 0 Å². The van der Waals surface area contributed by atoms with E-state index < -0.39 is 0 Å². The number of carbonyl (C=O) groups is 1. The lowest BCUT2D eigenvalue weighted by atomic mass is 9.86. The van der Waals surface area contributed by atoms with Gasteiger partial charge >= 0.3 is 6.09 Å². The second-order valence-electron chi connectivity index (χ2n) is 8.72. The third kappa shape index (κ3) is 5.47. The Kier molecular flexibility index (Phi) is 7.72. The molecule has 0 aromatic carbocycles. The van der Waals surface area contributed by atoms with Gasteiger partial charge in [0.25, 0.3) is 0 Å². The number of likely N-dealkylation sites (tertiary alicyclic amines) is 2. The molecule has 0 N–H and O–H groups in total. The Bertz CT molecular complexity index is 626. The van der Waals surface area contributed by atoms with Crippen molar-refractivity contribution in [3.63, 3.8) is 0 Å². The van der Waals surface area contributed by atoms with Crippen molar-refractivity contribution < 1.29 is 9.53 Å². The van der Waals surface area contributed by atoms with Gasteiger partial charge in [-0.05, 0) is 82.0 Å². The van der Waals surface area contributed by atoms with E-state index in [1.165, 1.54) is 30.5 Å². The summed E-state index contributed by atoms with van der Waals surface area (Å²) < 4.78 is 5.19. The molecule has 1 unspecified atom stereocenters. The maximum Gasteiger partial charge on any atom is 0.409 e. The van der Waals surface area contributed by atoms with E-state index in [-0.39, 0.29) is 6.09 Å². The lowest BCUT2D eigenvalue weighted by molar-refractivity contribution is 0.105. The number of rotatable bonds is 5. The average Bonchev–Trinajstić information content (AvgIpc) is 2.95. The zero-order chi connectivity index (χ0) is 19.9. The highest BCUT2D eigenvalue weighted by molar-refractivity contribution is 5.67. The van der Waals surface area contributed by atoms with Gasteiger partial charge in [0, 0.05) is 31.0 Å². The fourth-order valence-corrected chi connectivity index (χ4v) is 4.80. The molecule has 0 saturated carbocycles. The van der Waals surface area contributed by atoms with Crippen molar-refractivity contribution >= 4 is 6.09 Å². The summed E-state index contributed by atoms with van der Waals surface area (Å²) in [6.07, 6.45) is 8.63. The van der Waals surface area contributed by atoms with E-state index in [1.54, 1.807) is 0 Å². The van der Waals surface area contributed by atoms with Crippen molar-refractivity contribution in [1.29, 1.82) is 0 Å². The summed E-state index contributed by atoms with van der Waals surface area (Å²) in [6, 6.07) is 5.00. The highest BCUT2D eigenvalue weighted by Gasteiger charge is 2.29. The summed E-state index contributed by atoms with van der Waals surface area (Å²) in [5.41, 5.74) is 2.78. The Hall–Kier alpha value is -1.62. The largest absolute Gasteiger partial charge is 0.450 e.